The lowest BCUT2D eigenvalue weighted by molar-refractivity contribution is -0.126. The second-order valence-corrected chi connectivity index (χ2v) is 8.96. The highest BCUT2D eigenvalue weighted by Crippen LogP contribution is 2.23. The molecule has 3 aromatic rings. The number of hydrogen-bond acceptors (Lipinski definition) is 7. The molecule has 0 unspecified atom stereocenters. The fourth-order valence-electron chi connectivity index (χ4n) is 3.94. The molecule has 0 spiro atoms. The Hall–Kier alpha value is -2.71. The second-order valence-electron chi connectivity index (χ2n) is 8.01. The van der Waals surface area contributed by atoms with Gasteiger partial charge >= 0.3 is 0 Å². The average molecular weight is 455 g/mol. The minimum atomic E-state index is 0.0843. The Bertz CT molecular complexity index is 964. The molecule has 1 fully saturated rings. The van der Waals surface area contributed by atoms with Crippen LogP contribution >= 0.6 is 11.3 Å². The van der Waals surface area contributed by atoms with Crippen LogP contribution in [-0.4, -0.2) is 47.2 Å². The fourth-order valence-corrected chi connectivity index (χ4v) is 4.59. The zero-order valence-electron chi connectivity index (χ0n) is 18.5. The van der Waals surface area contributed by atoms with Crippen LogP contribution in [0.3, 0.4) is 0 Å². The Morgan fingerprint density at radius 1 is 1.25 bits per heavy atom. The lowest BCUT2D eigenvalue weighted by Gasteiger charge is -2.30. The van der Waals surface area contributed by atoms with Gasteiger partial charge in [0.05, 0.1) is 18.0 Å². The van der Waals surface area contributed by atoms with E-state index in [9.17, 15) is 4.79 Å². The van der Waals surface area contributed by atoms with E-state index in [-0.39, 0.29) is 11.8 Å². The first kappa shape index (κ1) is 22.5. The third-order valence-electron chi connectivity index (χ3n) is 5.70. The van der Waals surface area contributed by atoms with Gasteiger partial charge in [-0.15, -0.1) is 11.3 Å². The molecule has 1 N–H and O–H groups in total. The fraction of sp³-hybridized carbons (Fsp3) is 0.458. The number of nitrogens with zero attached hydrogens (tertiary/aromatic N) is 3. The summed E-state index contributed by atoms with van der Waals surface area (Å²) in [5.41, 5.74) is 1.26. The predicted octanol–water partition coefficient (Wildman–Crippen LogP) is 4.16. The summed E-state index contributed by atoms with van der Waals surface area (Å²) >= 11 is 1.60. The molecular weight excluding hydrogens is 424 g/mol. The molecule has 3 heterocycles. The highest BCUT2D eigenvalue weighted by Gasteiger charge is 2.25. The van der Waals surface area contributed by atoms with Gasteiger partial charge in [0.1, 0.15) is 5.75 Å². The number of ether oxygens (including phenoxy) is 1. The smallest absolute Gasteiger partial charge is 0.241 e. The van der Waals surface area contributed by atoms with E-state index in [0.29, 0.717) is 31.4 Å². The summed E-state index contributed by atoms with van der Waals surface area (Å²) in [6.07, 6.45) is 3.60. The first-order valence-electron chi connectivity index (χ1n) is 11.3. The van der Waals surface area contributed by atoms with Crippen molar-refractivity contribution in [2.45, 2.75) is 39.2 Å². The lowest BCUT2D eigenvalue weighted by Crippen LogP contribution is -2.40. The average Bonchev–Trinajstić information content (AvgIpc) is 3.51. The summed E-state index contributed by atoms with van der Waals surface area (Å²) in [5.74, 6) is 2.44. The number of piperidine rings is 1. The normalized spacial score (nSPS) is 15.0. The number of rotatable bonds is 10. The van der Waals surface area contributed by atoms with Crippen molar-refractivity contribution in [3.8, 4) is 16.5 Å². The Morgan fingerprint density at radius 3 is 2.78 bits per heavy atom. The Morgan fingerprint density at radius 2 is 2.06 bits per heavy atom. The van der Waals surface area contributed by atoms with Gasteiger partial charge in [-0.05, 0) is 74.8 Å². The standard InChI is InChI=1S/C24H30N4O3S/c1-2-30-20-9-7-18(8-10-20)5-3-13-25-24(29)19-11-14-28(15-12-19)17-22-26-23(27-31-22)21-6-4-16-32-21/h4,6-10,16,19H,2-3,5,11-15,17H2,1H3,(H,25,29). The maximum absolute atomic E-state index is 12.5. The Kier molecular flexibility index (Phi) is 7.90. The SMILES string of the molecule is CCOc1ccc(CCCNC(=O)C2CCN(Cc3nc(-c4cccs4)no3)CC2)cc1. The van der Waals surface area contributed by atoms with E-state index in [2.05, 4.69) is 32.5 Å². The highest BCUT2D eigenvalue weighted by atomic mass is 32.1. The first-order valence-corrected chi connectivity index (χ1v) is 12.2. The molecule has 0 aliphatic carbocycles. The second kappa shape index (κ2) is 11.2. The molecule has 1 saturated heterocycles. The number of carbonyl (C=O) groups excluding carboxylic acids is 1. The van der Waals surface area contributed by atoms with Crippen LogP contribution in [0.2, 0.25) is 0 Å². The molecule has 1 amide bonds. The van der Waals surface area contributed by atoms with Gasteiger partial charge in [-0.2, -0.15) is 4.98 Å². The van der Waals surface area contributed by atoms with Gasteiger partial charge in [-0.1, -0.05) is 23.4 Å². The van der Waals surface area contributed by atoms with Gasteiger partial charge in [-0.3, -0.25) is 9.69 Å². The van der Waals surface area contributed by atoms with Crippen LogP contribution < -0.4 is 10.1 Å². The van der Waals surface area contributed by atoms with Crippen LogP contribution in [0.1, 0.15) is 37.6 Å². The molecule has 1 aliphatic heterocycles. The number of carbonyl (C=O) groups is 1. The maximum Gasteiger partial charge on any atom is 0.241 e. The molecule has 4 rings (SSSR count). The number of likely N-dealkylation sites (tertiary alicyclic amines) is 1. The maximum atomic E-state index is 12.5. The van der Waals surface area contributed by atoms with Crippen molar-refractivity contribution in [1.29, 1.82) is 0 Å². The molecule has 1 aromatic carbocycles. The Labute approximate surface area is 192 Å². The molecule has 0 saturated carbocycles. The van der Waals surface area contributed by atoms with Gasteiger partial charge in [0, 0.05) is 12.5 Å². The summed E-state index contributed by atoms with van der Waals surface area (Å²) in [6.45, 7) is 5.73. The van der Waals surface area contributed by atoms with Crippen LogP contribution in [0, 0.1) is 5.92 Å². The summed E-state index contributed by atoms with van der Waals surface area (Å²) in [6, 6.07) is 12.2. The molecule has 32 heavy (non-hydrogen) atoms. The van der Waals surface area contributed by atoms with Crippen LogP contribution in [0.25, 0.3) is 10.7 Å². The van der Waals surface area contributed by atoms with Gasteiger partial charge in [0.2, 0.25) is 17.6 Å². The topological polar surface area (TPSA) is 80.5 Å². The number of hydrogen-bond donors (Lipinski definition) is 1. The largest absolute Gasteiger partial charge is 0.494 e. The van der Waals surface area contributed by atoms with E-state index in [1.165, 1.54) is 5.56 Å². The van der Waals surface area contributed by atoms with Crippen molar-refractivity contribution in [2.24, 2.45) is 5.92 Å². The summed E-state index contributed by atoms with van der Waals surface area (Å²) in [5, 5.41) is 9.19. The van der Waals surface area contributed by atoms with Crippen LogP contribution in [-0.2, 0) is 17.8 Å². The van der Waals surface area contributed by atoms with Crippen LogP contribution in [0.5, 0.6) is 5.75 Å². The van der Waals surface area contributed by atoms with Gasteiger partial charge < -0.3 is 14.6 Å². The number of thiophene rings is 1. The van der Waals surface area contributed by atoms with E-state index in [4.69, 9.17) is 9.26 Å². The number of nitrogens with one attached hydrogen (secondary N) is 1. The van der Waals surface area contributed by atoms with Crippen molar-refractivity contribution in [1.82, 2.24) is 20.4 Å². The van der Waals surface area contributed by atoms with Gasteiger partial charge in [0.25, 0.3) is 0 Å². The van der Waals surface area contributed by atoms with Crippen molar-refractivity contribution >= 4 is 17.2 Å². The molecular formula is C24H30N4O3S. The number of benzene rings is 1. The summed E-state index contributed by atoms with van der Waals surface area (Å²) in [7, 11) is 0. The van der Waals surface area contributed by atoms with E-state index < -0.39 is 0 Å². The molecule has 170 valence electrons. The monoisotopic (exact) mass is 454 g/mol. The van der Waals surface area contributed by atoms with Crippen molar-refractivity contribution < 1.29 is 14.1 Å². The predicted molar refractivity (Wildman–Crippen MR) is 125 cm³/mol. The summed E-state index contributed by atoms with van der Waals surface area (Å²) in [4.78, 5) is 20.3. The molecule has 1 aliphatic rings. The van der Waals surface area contributed by atoms with Gasteiger partial charge in [-0.25, -0.2) is 0 Å². The molecule has 8 heteroatoms. The Balaban J connectivity index is 1.13. The van der Waals surface area contributed by atoms with E-state index in [1.54, 1.807) is 11.3 Å². The minimum Gasteiger partial charge on any atom is -0.494 e. The molecule has 0 radical (unpaired) electrons. The van der Waals surface area contributed by atoms with E-state index in [0.717, 1.165) is 49.4 Å². The van der Waals surface area contributed by atoms with Crippen molar-refractivity contribution in [2.75, 3.05) is 26.2 Å². The number of aromatic nitrogens is 2. The number of aryl methyl sites for hydroxylation is 1. The summed E-state index contributed by atoms with van der Waals surface area (Å²) < 4.78 is 10.9. The number of amides is 1. The van der Waals surface area contributed by atoms with Gasteiger partial charge in [0.15, 0.2) is 0 Å². The van der Waals surface area contributed by atoms with Crippen LogP contribution in [0.15, 0.2) is 46.3 Å². The third kappa shape index (κ3) is 6.17. The highest BCUT2D eigenvalue weighted by molar-refractivity contribution is 7.13. The zero-order valence-corrected chi connectivity index (χ0v) is 19.3. The quantitative estimate of drug-likeness (QED) is 0.464. The lowest BCUT2D eigenvalue weighted by atomic mass is 9.96. The third-order valence-corrected chi connectivity index (χ3v) is 6.57. The van der Waals surface area contributed by atoms with Crippen LogP contribution in [0.4, 0.5) is 0 Å². The van der Waals surface area contributed by atoms with E-state index >= 15 is 0 Å². The zero-order chi connectivity index (χ0) is 22.2. The minimum absolute atomic E-state index is 0.0843. The van der Waals surface area contributed by atoms with Crippen molar-refractivity contribution in [3.63, 3.8) is 0 Å². The molecule has 2 aromatic heterocycles. The van der Waals surface area contributed by atoms with E-state index in [1.807, 2.05) is 36.6 Å². The van der Waals surface area contributed by atoms with Crippen molar-refractivity contribution in [3.05, 3.63) is 53.2 Å². The molecule has 0 bridgehead atoms. The molecule has 7 nitrogen and oxygen atoms in total. The molecule has 0 atom stereocenters. The first-order chi connectivity index (χ1) is 15.7.